The predicted octanol–water partition coefficient (Wildman–Crippen LogP) is 5.79. The second-order valence-corrected chi connectivity index (χ2v) is 9.47. The number of fused-ring (bicyclic) bond motifs is 1. The van der Waals surface area contributed by atoms with Crippen molar-refractivity contribution in [2.45, 2.75) is 37.8 Å². The quantitative estimate of drug-likeness (QED) is 0.358. The molecule has 3 aromatic carbocycles. The minimum atomic E-state index is -0.715. The molecular weight excluding hydrogens is 464 g/mol. The van der Waals surface area contributed by atoms with E-state index in [9.17, 15) is 13.6 Å². The van der Waals surface area contributed by atoms with Gasteiger partial charge in [0.25, 0.3) is 5.89 Å². The molecule has 2 aliphatic carbocycles. The van der Waals surface area contributed by atoms with Gasteiger partial charge in [0.05, 0.1) is 5.92 Å². The van der Waals surface area contributed by atoms with E-state index in [0.29, 0.717) is 24.2 Å². The molecule has 6 rings (SSSR count). The standard InChI is InChI=1S/C28H23F2N3O3/c29-23-4-2-1-3-21(23)22-9-6-17(14-24(22)30)27-32-26(33-36-27)16-5-8-20-15(11-16)7-10-25(20)31-19-12-18(13-19)28(34)35/h1-6,8-9,11,14,18-19,25,31H,7,10,12-13H2,(H,34,35)/t18-,19-,25?. The van der Waals surface area contributed by atoms with Crippen LogP contribution in [0.3, 0.4) is 0 Å². The normalized spacial score (nSPS) is 20.7. The summed E-state index contributed by atoms with van der Waals surface area (Å²) in [5.74, 6) is -1.42. The largest absolute Gasteiger partial charge is 0.481 e. The van der Waals surface area contributed by atoms with E-state index in [-0.39, 0.29) is 35.0 Å². The van der Waals surface area contributed by atoms with Crippen molar-refractivity contribution in [3.63, 3.8) is 0 Å². The molecule has 1 fully saturated rings. The summed E-state index contributed by atoms with van der Waals surface area (Å²) in [5, 5.41) is 16.8. The highest BCUT2D eigenvalue weighted by molar-refractivity contribution is 5.71. The second-order valence-electron chi connectivity index (χ2n) is 9.47. The van der Waals surface area contributed by atoms with E-state index < -0.39 is 17.6 Å². The first-order chi connectivity index (χ1) is 17.5. The molecule has 1 unspecified atom stereocenters. The Morgan fingerprint density at radius 3 is 2.53 bits per heavy atom. The first kappa shape index (κ1) is 22.5. The van der Waals surface area contributed by atoms with Crippen LogP contribution in [0, 0.1) is 17.6 Å². The van der Waals surface area contributed by atoms with Gasteiger partial charge < -0.3 is 14.9 Å². The van der Waals surface area contributed by atoms with E-state index >= 15 is 0 Å². The van der Waals surface area contributed by atoms with E-state index in [0.717, 1.165) is 18.4 Å². The van der Waals surface area contributed by atoms with Gasteiger partial charge in [-0.1, -0.05) is 41.6 Å². The molecule has 6 nitrogen and oxygen atoms in total. The third-order valence-corrected chi connectivity index (χ3v) is 7.21. The van der Waals surface area contributed by atoms with Crippen LogP contribution in [0.1, 0.15) is 36.4 Å². The highest BCUT2D eigenvalue weighted by Crippen LogP contribution is 2.37. The molecule has 1 atom stereocenters. The maximum Gasteiger partial charge on any atom is 0.306 e. The lowest BCUT2D eigenvalue weighted by atomic mass is 9.80. The van der Waals surface area contributed by atoms with Gasteiger partial charge in [0.2, 0.25) is 5.82 Å². The molecule has 0 saturated heterocycles. The number of aliphatic carboxylic acids is 1. The van der Waals surface area contributed by atoms with Crippen LogP contribution in [0.4, 0.5) is 8.78 Å². The first-order valence-corrected chi connectivity index (χ1v) is 12.0. The topological polar surface area (TPSA) is 88.2 Å². The van der Waals surface area contributed by atoms with Crippen LogP contribution in [0.15, 0.2) is 65.2 Å². The summed E-state index contributed by atoms with van der Waals surface area (Å²) in [6.45, 7) is 0. The Labute approximate surface area is 206 Å². The number of hydrogen-bond acceptors (Lipinski definition) is 5. The first-order valence-electron chi connectivity index (χ1n) is 12.0. The SMILES string of the molecule is O=C(O)[C@H]1C[C@H](NC2CCc3cc(-c4noc(-c5ccc(-c6ccccc6F)c(F)c5)n4)ccc32)C1. The molecule has 4 aromatic rings. The van der Waals surface area contributed by atoms with Crippen molar-refractivity contribution in [2.24, 2.45) is 5.92 Å². The number of carbonyl (C=O) groups is 1. The van der Waals surface area contributed by atoms with Gasteiger partial charge in [0.1, 0.15) is 11.6 Å². The summed E-state index contributed by atoms with van der Waals surface area (Å²) in [7, 11) is 0. The number of nitrogens with zero attached hydrogens (tertiary/aromatic N) is 2. The van der Waals surface area contributed by atoms with E-state index in [1.165, 1.54) is 35.4 Å². The fraction of sp³-hybridized carbons (Fsp3) is 0.250. The molecule has 0 spiro atoms. The Morgan fingerprint density at radius 2 is 1.75 bits per heavy atom. The van der Waals surface area contributed by atoms with Gasteiger partial charge in [-0.05, 0) is 61.1 Å². The zero-order chi connectivity index (χ0) is 24.8. The molecule has 36 heavy (non-hydrogen) atoms. The van der Waals surface area contributed by atoms with Gasteiger partial charge in [0, 0.05) is 34.3 Å². The smallest absolute Gasteiger partial charge is 0.306 e. The summed E-state index contributed by atoms with van der Waals surface area (Å²) in [6, 6.07) is 17.0. The number of carboxylic acid groups (broad SMARTS) is 1. The third kappa shape index (κ3) is 4.07. The van der Waals surface area contributed by atoms with Crippen LogP contribution in [-0.2, 0) is 11.2 Å². The van der Waals surface area contributed by atoms with Crippen molar-refractivity contribution < 1.29 is 23.2 Å². The maximum atomic E-state index is 14.8. The molecule has 0 bridgehead atoms. The van der Waals surface area contributed by atoms with Crippen LogP contribution in [0.5, 0.6) is 0 Å². The maximum absolute atomic E-state index is 14.8. The summed E-state index contributed by atoms with van der Waals surface area (Å²) in [6.07, 6.45) is 3.21. The molecule has 0 radical (unpaired) electrons. The van der Waals surface area contributed by atoms with Crippen molar-refractivity contribution in [2.75, 3.05) is 0 Å². The Morgan fingerprint density at radius 1 is 0.972 bits per heavy atom. The van der Waals surface area contributed by atoms with Gasteiger partial charge in [0.15, 0.2) is 0 Å². The van der Waals surface area contributed by atoms with Crippen LogP contribution in [-0.4, -0.2) is 27.3 Å². The van der Waals surface area contributed by atoms with Gasteiger partial charge in [-0.25, -0.2) is 8.78 Å². The minimum absolute atomic E-state index is 0.166. The third-order valence-electron chi connectivity index (χ3n) is 7.21. The second kappa shape index (κ2) is 8.95. The van der Waals surface area contributed by atoms with Crippen molar-refractivity contribution in [3.05, 3.63) is 83.4 Å². The number of benzene rings is 3. The average molecular weight is 488 g/mol. The Kier molecular flexibility index (Phi) is 5.60. The lowest BCUT2D eigenvalue weighted by Crippen LogP contribution is -2.45. The van der Waals surface area contributed by atoms with Crippen molar-refractivity contribution >= 4 is 5.97 Å². The fourth-order valence-corrected chi connectivity index (χ4v) is 5.17. The van der Waals surface area contributed by atoms with Crippen LogP contribution in [0.2, 0.25) is 0 Å². The van der Waals surface area contributed by atoms with Crippen molar-refractivity contribution in [1.29, 1.82) is 0 Å². The Bertz CT molecular complexity index is 1460. The highest BCUT2D eigenvalue weighted by atomic mass is 19.1. The van der Waals surface area contributed by atoms with E-state index in [2.05, 4.69) is 21.5 Å². The highest BCUT2D eigenvalue weighted by Gasteiger charge is 2.36. The molecule has 1 heterocycles. The summed E-state index contributed by atoms with van der Waals surface area (Å²) < 4.78 is 34.3. The van der Waals surface area contributed by atoms with E-state index in [4.69, 9.17) is 9.63 Å². The lowest BCUT2D eigenvalue weighted by Gasteiger charge is -2.35. The summed E-state index contributed by atoms with van der Waals surface area (Å²) in [5.41, 5.74) is 3.99. The monoisotopic (exact) mass is 487 g/mol. The number of hydrogen-bond donors (Lipinski definition) is 2. The number of rotatable bonds is 6. The number of aromatic nitrogens is 2. The number of nitrogens with one attached hydrogen (secondary N) is 1. The zero-order valence-electron chi connectivity index (χ0n) is 19.2. The van der Waals surface area contributed by atoms with Crippen molar-refractivity contribution in [3.8, 4) is 34.0 Å². The average Bonchev–Trinajstić information content (AvgIpc) is 3.49. The van der Waals surface area contributed by atoms with Gasteiger partial charge in [-0.3, -0.25) is 4.79 Å². The Balaban J connectivity index is 1.19. The van der Waals surface area contributed by atoms with Gasteiger partial charge in [-0.2, -0.15) is 4.98 Å². The molecule has 1 aromatic heterocycles. The van der Waals surface area contributed by atoms with E-state index in [1.807, 2.05) is 12.1 Å². The number of aryl methyl sites for hydroxylation is 1. The van der Waals surface area contributed by atoms with Crippen LogP contribution in [0.25, 0.3) is 34.0 Å². The zero-order valence-corrected chi connectivity index (χ0v) is 19.2. The number of halogens is 2. The fourth-order valence-electron chi connectivity index (χ4n) is 5.17. The molecule has 182 valence electrons. The molecule has 1 saturated carbocycles. The Hall–Kier alpha value is -3.91. The summed E-state index contributed by atoms with van der Waals surface area (Å²) in [4.78, 5) is 15.5. The molecule has 0 amide bonds. The van der Waals surface area contributed by atoms with Gasteiger partial charge >= 0.3 is 5.97 Å². The molecular formula is C28H23F2N3O3. The van der Waals surface area contributed by atoms with Gasteiger partial charge in [-0.15, -0.1) is 0 Å². The minimum Gasteiger partial charge on any atom is -0.481 e. The summed E-state index contributed by atoms with van der Waals surface area (Å²) >= 11 is 0. The molecule has 8 heteroatoms. The van der Waals surface area contributed by atoms with Crippen LogP contribution < -0.4 is 5.32 Å². The van der Waals surface area contributed by atoms with Crippen molar-refractivity contribution in [1.82, 2.24) is 15.5 Å². The predicted molar refractivity (Wildman–Crippen MR) is 129 cm³/mol. The molecule has 2 aliphatic rings. The number of carboxylic acids is 1. The lowest BCUT2D eigenvalue weighted by molar-refractivity contribution is -0.145. The van der Waals surface area contributed by atoms with Crippen LogP contribution >= 0.6 is 0 Å². The van der Waals surface area contributed by atoms with E-state index in [1.54, 1.807) is 18.2 Å². The molecule has 2 N–H and O–H groups in total. The molecule has 0 aliphatic heterocycles.